The van der Waals surface area contributed by atoms with E-state index in [0.717, 1.165) is 50.5 Å². The number of hydrogen-bond donors (Lipinski definition) is 2. The van der Waals surface area contributed by atoms with Gasteiger partial charge in [0.2, 0.25) is 0 Å². The first kappa shape index (κ1) is 32.0. The lowest BCUT2D eigenvalue weighted by molar-refractivity contribution is -0.201. The summed E-state index contributed by atoms with van der Waals surface area (Å²) in [7, 11) is 2.01. The van der Waals surface area contributed by atoms with Crippen molar-refractivity contribution in [2.45, 2.75) is 57.0 Å². The molecular formula is C23H28F6N4O6. The molecule has 0 bridgehead atoms. The van der Waals surface area contributed by atoms with Crippen molar-refractivity contribution in [3.8, 4) is 0 Å². The van der Waals surface area contributed by atoms with Crippen LogP contribution in [0.3, 0.4) is 0 Å². The van der Waals surface area contributed by atoms with Crippen LogP contribution in [-0.2, 0) is 39.3 Å². The van der Waals surface area contributed by atoms with Gasteiger partial charge in [0.1, 0.15) is 0 Å². The van der Waals surface area contributed by atoms with Gasteiger partial charge in [-0.25, -0.2) is 9.59 Å². The Morgan fingerprint density at radius 3 is 2.18 bits per heavy atom. The molecular weight excluding hydrogens is 542 g/mol. The number of pyridine rings is 1. The third kappa shape index (κ3) is 10.4. The number of carboxylic acid groups (broad SMARTS) is 2. The highest BCUT2D eigenvalue weighted by atomic mass is 19.4. The van der Waals surface area contributed by atoms with Crippen LogP contribution in [-0.4, -0.2) is 85.6 Å². The van der Waals surface area contributed by atoms with E-state index in [1.165, 1.54) is 5.69 Å². The molecule has 10 nitrogen and oxygen atoms in total. The SMILES string of the molecule is Cc1cc(CN2CC3(CC(OCc4ccccn4)CCO3)C2)n(C)n1.O=C(O)C(F)(F)F.O=C(O)C(F)(F)F. The number of hydrogen-bond acceptors (Lipinski definition) is 7. The zero-order valence-electron chi connectivity index (χ0n) is 21.0. The Hall–Kier alpha value is -3.24. The summed E-state index contributed by atoms with van der Waals surface area (Å²) in [5, 5.41) is 18.7. The Morgan fingerprint density at radius 1 is 1.13 bits per heavy atom. The smallest absolute Gasteiger partial charge is 0.475 e. The van der Waals surface area contributed by atoms with E-state index < -0.39 is 24.3 Å². The minimum atomic E-state index is -5.08. The molecule has 0 amide bonds. The molecule has 2 aliphatic rings. The first-order valence-electron chi connectivity index (χ1n) is 11.5. The van der Waals surface area contributed by atoms with Crippen molar-refractivity contribution in [2.24, 2.45) is 7.05 Å². The molecule has 4 rings (SSSR count). The van der Waals surface area contributed by atoms with Gasteiger partial charge in [0.05, 0.1) is 35.4 Å². The zero-order valence-corrected chi connectivity index (χ0v) is 21.0. The van der Waals surface area contributed by atoms with Crippen molar-refractivity contribution >= 4 is 11.9 Å². The van der Waals surface area contributed by atoms with Crippen LogP contribution in [0.25, 0.3) is 0 Å². The number of halogens is 6. The maximum Gasteiger partial charge on any atom is 0.490 e. The minimum absolute atomic E-state index is 0.0271. The van der Waals surface area contributed by atoms with Crippen molar-refractivity contribution in [3.05, 3.63) is 47.5 Å². The number of rotatable bonds is 5. The first-order valence-corrected chi connectivity index (χ1v) is 11.5. The predicted octanol–water partition coefficient (Wildman–Crippen LogP) is 3.34. The Balaban J connectivity index is 0.000000317. The summed E-state index contributed by atoms with van der Waals surface area (Å²) in [6, 6.07) is 8.10. The van der Waals surface area contributed by atoms with Crippen LogP contribution in [0, 0.1) is 6.92 Å². The van der Waals surface area contributed by atoms with Crippen LogP contribution in [0.2, 0.25) is 0 Å². The summed E-state index contributed by atoms with van der Waals surface area (Å²) >= 11 is 0. The lowest BCUT2D eigenvalue weighted by atomic mass is 9.84. The average Bonchev–Trinajstić information content (AvgIpc) is 3.13. The number of alkyl halides is 6. The molecule has 2 aromatic heterocycles. The fourth-order valence-corrected chi connectivity index (χ4v) is 3.95. The Kier molecular flexibility index (Phi) is 10.8. The molecule has 0 radical (unpaired) electrons. The summed E-state index contributed by atoms with van der Waals surface area (Å²) < 4.78 is 77.7. The van der Waals surface area contributed by atoms with Crippen molar-refractivity contribution in [1.82, 2.24) is 19.7 Å². The summed E-state index contributed by atoms with van der Waals surface area (Å²) in [4.78, 5) is 24.5. The number of ether oxygens (including phenoxy) is 2. The number of aryl methyl sites for hydroxylation is 2. The van der Waals surface area contributed by atoms with Gasteiger partial charge in [-0.15, -0.1) is 0 Å². The van der Waals surface area contributed by atoms with E-state index >= 15 is 0 Å². The molecule has 2 aliphatic heterocycles. The topological polar surface area (TPSA) is 127 Å². The van der Waals surface area contributed by atoms with Crippen molar-refractivity contribution < 1.29 is 55.6 Å². The molecule has 39 heavy (non-hydrogen) atoms. The van der Waals surface area contributed by atoms with Crippen LogP contribution in [0.4, 0.5) is 26.3 Å². The summed E-state index contributed by atoms with van der Waals surface area (Å²) in [6.07, 6.45) is -6.15. The van der Waals surface area contributed by atoms with Gasteiger partial charge in [-0.1, -0.05) is 6.07 Å². The summed E-state index contributed by atoms with van der Waals surface area (Å²) in [6.45, 7) is 6.28. The second kappa shape index (κ2) is 13.2. The predicted molar refractivity (Wildman–Crippen MR) is 121 cm³/mol. The van der Waals surface area contributed by atoms with E-state index in [4.69, 9.17) is 29.3 Å². The molecule has 0 aliphatic carbocycles. The highest BCUT2D eigenvalue weighted by Gasteiger charge is 2.47. The number of likely N-dealkylation sites (tertiary alicyclic amines) is 1. The third-order valence-electron chi connectivity index (χ3n) is 5.63. The quantitative estimate of drug-likeness (QED) is 0.521. The fourth-order valence-electron chi connectivity index (χ4n) is 3.95. The van der Waals surface area contributed by atoms with Gasteiger partial charge in [-0.2, -0.15) is 31.4 Å². The Bertz CT molecular complexity index is 1060. The highest BCUT2D eigenvalue weighted by molar-refractivity contribution is 5.73. The summed E-state index contributed by atoms with van der Waals surface area (Å²) in [5.41, 5.74) is 3.29. The summed E-state index contributed by atoms with van der Waals surface area (Å²) in [5.74, 6) is -5.51. The largest absolute Gasteiger partial charge is 0.490 e. The molecule has 1 spiro atoms. The molecule has 218 valence electrons. The molecule has 1 unspecified atom stereocenters. The van der Waals surface area contributed by atoms with Crippen LogP contribution < -0.4 is 0 Å². The van der Waals surface area contributed by atoms with E-state index in [1.54, 1.807) is 0 Å². The number of carbonyl (C=O) groups is 2. The van der Waals surface area contributed by atoms with E-state index in [2.05, 4.69) is 21.0 Å². The Labute approximate surface area is 219 Å². The van der Waals surface area contributed by atoms with E-state index in [9.17, 15) is 26.3 Å². The standard InChI is InChI=1S/C19H26N4O2.2C2HF3O2/c1-15-9-17(22(2)21-15)11-23-13-19(14-23)10-18(6-8-25-19)24-12-16-5-3-4-7-20-16;2*3-2(4,5)1(6)7/h3-5,7,9,18H,6,8,10-14H2,1-2H3;2*(H,6,7). The van der Waals surface area contributed by atoms with E-state index in [-0.39, 0.29) is 11.7 Å². The Morgan fingerprint density at radius 2 is 1.72 bits per heavy atom. The normalized spacial score (nSPS) is 18.7. The molecule has 0 saturated carbocycles. The molecule has 2 N–H and O–H groups in total. The highest BCUT2D eigenvalue weighted by Crippen LogP contribution is 2.36. The lowest BCUT2D eigenvalue weighted by Gasteiger charge is -2.53. The van der Waals surface area contributed by atoms with Gasteiger partial charge >= 0.3 is 24.3 Å². The van der Waals surface area contributed by atoms with Crippen molar-refractivity contribution in [3.63, 3.8) is 0 Å². The van der Waals surface area contributed by atoms with Crippen LogP contribution in [0.15, 0.2) is 30.5 Å². The van der Waals surface area contributed by atoms with Gasteiger partial charge < -0.3 is 19.7 Å². The van der Waals surface area contributed by atoms with Crippen LogP contribution >= 0.6 is 0 Å². The number of aliphatic carboxylic acids is 2. The number of carboxylic acids is 2. The van der Waals surface area contributed by atoms with E-state index in [1.807, 2.05) is 43.0 Å². The average molecular weight is 570 g/mol. The molecule has 1 atom stereocenters. The maximum atomic E-state index is 10.6. The number of nitrogens with zero attached hydrogens (tertiary/aromatic N) is 4. The minimum Gasteiger partial charge on any atom is -0.475 e. The first-order chi connectivity index (χ1) is 18.0. The fraction of sp³-hybridized carbons (Fsp3) is 0.565. The molecule has 4 heterocycles. The lowest BCUT2D eigenvalue weighted by Crippen LogP contribution is -2.65. The molecule has 2 saturated heterocycles. The second-order valence-electron chi connectivity index (χ2n) is 8.93. The third-order valence-corrected chi connectivity index (χ3v) is 5.63. The molecule has 16 heteroatoms. The van der Waals surface area contributed by atoms with Crippen molar-refractivity contribution in [1.29, 1.82) is 0 Å². The van der Waals surface area contributed by atoms with Gasteiger partial charge in [-0.3, -0.25) is 14.6 Å². The second-order valence-corrected chi connectivity index (χ2v) is 8.93. The zero-order chi connectivity index (χ0) is 29.4. The van der Waals surface area contributed by atoms with Gasteiger partial charge in [0, 0.05) is 45.9 Å². The number of aromatic nitrogens is 3. The van der Waals surface area contributed by atoms with Gasteiger partial charge in [-0.05, 0) is 31.5 Å². The van der Waals surface area contributed by atoms with Crippen molar-refractivity contribution in [2.75, 3.05) is 19.7 Å². The maximum absolute atomic E-state index is 10.6. The molecule has 0 aromatic carbocycles. The molecule has 2 fully saturated rings. The van der Waals surface area contributed by atoms with Crippen LogP contribution in [0.5, 0.6) is 0 Å². The molecule has 2 aromatic rings. The van der Waals surface area contributed by atoms with Gasteiger partial charge in [0.15, 0.2) is 0 Å². The monoisotopic (exact) mass is 570 g/mol. The van der Waals surface area contributed by atoms with E-state index in [0.29, 0.717) is 6.61 Å². The van der Waals surface area contributed by atoms with Crippen LogP contribution in [0.1, 0.15) is 29.9 Å². The van der Waals surface area contributed by atoms with Gasteiger partial charge in [0.25, 0.3) is 0 Å².